The molecule has 1 fully saturated rings. The lowest BCUT2D eigenvalue weighted by molar-refractivity contribution is -0.211. The molecule has 11 heavy (non-hydrogen) atoms. The molecule has 66 valence electrons. The third-order valence-corrected chi connectivity index (χ3v) is 2.01. The summed E-state index contributed by atoms with van der Waals surface area (Å²) in [6.45, 7) is 1.79. The molecule has 1 heterocycles. The van der Waals surface area contributed by atoms with Crippen LogP contribution in [0.2, 0.25) is 0 Å². The molecule has 0 unspecified atom stereocenters. The Morgan fingerprint density at radius 3 is 2.73 bits per heavy atom. The van der Waals surface area contributed by atoms with Gasteiger partial charge >= 0.3 is 0 Å². The summed E-state index contributed by atoms with van der Waals surface area (Å²) < 4.78 is 10.2. The van der Waals surface area contributed by atoms with Crippen LogP contribution < -0.4 is 5.73 Å². The molecule has 3 N–H and O–H groups in total. The minimum absolute atomic E-state index is 0.233. The normalized spacial score (nSPS) is 45.8. The Labute approximate surface area is 66.3 Å². The molecule has 0 radical (unpaired) electrons. The zero-order valence-electron chi connectivity index (χ0n) is 6.86. The van der Waals surface area contributed by atoms with Crippen molar-refractivity contribution in [3.63, 3.8) is 0 Å². The smallest absolute Gasteiger partial charge is 0.159 e. The fourth-order valence-corrected chi connectivity index (χ4v) is 1.24. The van der Waals surface area contributed by atoms with Crippen molar-refractivity contribution in [3.8, 4) is 0 Å². The first-order valence-corrected chi connectivity index (χ1v) is 3.77. The van der Waals surface area contributed by atoms with Crippen LogP contribution in [-0.2, 0) is 9.47 Å². The van der Waals surface area contributed by atoms with Crippen LogP contribution in [0.5, 0.6) is 0 Å². The van der Waals surface area contributed by atoms with E-state index in [0.717, 1.165) is 0 Å². The van der Waals surface area contributed by atoms with Crippen LogP contribution >= 0.6 is 0 Å². The summed E-state index contributed by atoms with van der Waals surface area (Å²) in [5.74, 6) is 0. The number of hydrogen-bond donors (Lipinski definition) is 2. The third kappa shape index (κ3) is 1.90. The van der Waals surface area contributed by atoms with Gasteiger partial charge in [-0.05, 0) is 6.92 Å². The summed E-state index contributed by atoms with van der Waals surface area (Å²) in [6.07, 6.45) is -0.504. The maximum absolute atomic E-state index is 9.35. The number of aliphatic hydroxyl groups excluding tert-OH is 1. The number of methoxy groups -OCH3 is 1. The highest BCUT2D eigenvalue weighted by atomic mass is 16.7. The van der Waals surface area contributed by atoms with Gasteiger partial charge in [-0.2, -0.15) is 0 Å². The molecule has 4 atom stereocenters. The molecule has 0 bridgehead atoms. The zero-order chi connectivity index (χ0) is 8.43. The van der Waals surface area contributed by atoms with Crippen LogP contribution in [0.3, 0.4) is 0 Å². The van der Waals surface area contributed by atoms with E-state index < -0.39 is 6.10 Å². The highest BCUT2D eigenvalue weighted by Gasteiger charge is 2.32. The molecule has 0 aromatic rings. The molecular weight excluding hydrogens is 146 g/mol. The zero-order valence-corrected chi connectivity index (χ0v) is 6.86. The molecule has 0 aromatic carbocycles. The lowest BCUT2D eigenvalue weighted by Gasteiger charge is -2.35. The number of hydrogen-bond acceptors (Lipinski definition) is 4. The van der Waals surface area contributed by atoms with Crippen molar-refractivity contribution >= 4 is 0 Å². The Bertz CT molecular complexity index is 119. The summed E-state index contributed by atoms with van der Waals surface area (Å²) in [4.78, 5) is 0. The fraction of sp³-hybridized carbons (Fsp3) is 1.00. The second-order valence-corrected chi connectivity index (χ2v) is 2.90. The molecule has 4 nitrogen and oxygen atoms in total. The Hall–Kier alpha value is -0.160. The van der Waals surface area contributed by atoms with Crippen molar-refractivity contribution in [1.82, 2.24) is 0 Å². The van der Waals surface area contributed by atoms with Crippen LogP contribution in [0, 0.1) is 0 Å². The lowest BCUT2D eigenvalue weighted by atomic mass is 10.0. The molecule has 0 saturated carbocycles. The highest BCUT2D eigenvalue weighted by Crippen LogP contribution is 2.18. The topological polar surface area (TPSA) is 64.7 Å². The minimum atomic E-state index is -0.568. The SMILES string of the molecule is CO[C@@H]1C[C@@H](N)[C@H](O)[C@@H](C)O1. The van der Waals surface area contributed by atoms with E-state index in [1.165, 1.54) is 0 Å². The highest BCUT2D eigenvalue weighted by molar-refractivity contribution is 4.82. The number of ether oxygens (including phenoxy) is 2. The van der Waals surface area contributed by atoms with Gasteiger partial charge in [-0.1, -0.05) is 0 Å². The van der Waals surface area contributed by atoms with E-state index in [9.17, 15) is 5.11 Å². The van der Waals surface area contributed by atoms with Gasteiger partial charge in [0.25, 0.3) is 0 Å². The monoisotopic (exact) mass is 161 g/mol. The molecule has 0 aromatic heterocycles. The quantitative estimate of drug-likeness (QED) is 0.542. The van der Waals surface area contributed by atoms with E-state index in [1.54, 1.807) is 14.0 Å². The summed E-state index contributed by atoms with van der Waals surface area (Å²) in [6, 6.07) is -0.233. The first kappa shape index (κ1) is 8.93. The molecule has 1 rings (SSSR count). The van der Waals surface area contributed by atoms with Crippen molar-refractivity contribution in [2.24, 2.45) is 5.73 Å². The van der Waals surface area contributed by atoms with Crippen molar-refractivity contribution in [2.75, 3.05) is 7.11 Å². The predicted molar refractivity (Wildman–Crippen MR) is 39.9 cm³/mol. The van der Waals surface area contributed by atoms with Gasteiger partial charge in [0.15, 0.2) is 6.29 Å². The number of nitrogens with two attached hydrogens (primary N) is 1. The third-order valence-electron chi connectivity index (χ3n) is 2.01. The van der Waals surface area contributed by atoms with Gasteiger partial charge in [-0.15, -0.1) is 0 Å². The number of aliphatic hydroxyl groups is 1. The molecule has 0 aliphatic carbocycles. The molecule has 1 aliphatic heterocycles. The molecule has 0 amide bonds. The Balaban J connectivity index is 2.47. The Kier molecular flexibility index (Phi) is 2.84. The predicted octanol–water partition coefficient (Wildman–Crippen LogP) is -0.544. The van der Waals surface area contributed by atoms with Crippen molar-refractivity contribution in [1.29, 1.82) is 0 Å². The van der Waals surface area contributed by atoms with E-state index in [-0.39, 0.29) is 18.4 Å². The van der Waals surface area contributed by atoms with Gasteiger partial charge in [-0.3, -0.25) is 0 Å². The average molecular weight is 161 g/mol. The van der Waals surface area contributed by atoms with Crippen LogP contribution in [0.25, 0.3) is 0 Å². The van der Waals surface area contributed by atoms with Crippen LogP contribution in [0.1, 0.15) is 13.3 Å². The van der Waals surface area contributed by atoms with Crippen molar-refractivity contribution in [2.45, 2.75) is 37.9 Å². The van der Waals surface area contributed by atoms with Crippen molar-refractivity contribution < 1.29 is 14.6 Å². The molecule has 4 heteroatoms. The average Bonchev–Trinajstić information content (AvgIpc) is 1.99. The lowest BCUT2D eigenvalue weighted by Crippen LogP contribution is -2.51. The van der Waals surface area contributed by atoms with Gasteiger partial charge in [0, 0.05) is 19.6 Å². The maximum atomic E-state index is 9.35. The second kappa shape index (κ2) is 3.49. The first-order chi connectivity index (χ1) is 5.15. The van der Waals surface area contributed by atoms with E-state index in [0.29, 0.717) is 6.42 Å². The fourth-order valence-electron chi connectivity index (χ4n) is 1.24. The van der Waals surface area contributed by atoms with Crippen LogP contribution in [-0.4, -0.2) is 36.8 Å². The summed E-state index contributed by atoms with van der Waals surface area (Å²) in [5.41, 5.74) is 5.62. The molecule has 1 aliphatic rings. The standard InChI is InChI=1S/C7H15NO3/c1-4-7(9)5(8)3-6(10-2)11-4/h4-7,9H,3,8H2,1-2H3/t4-,5-,6+,7-/m1/s1. The van der Waals surface area contributed by atoms with Gasteiger partial charge in [0.2, 0.25) is 0 Å². The summed E-state index contributed by atoms with van der Waals surface area (Å²) >= 11 is 0. The molecular formula is C7H15NO3. The first-order valence-electron chi connectivity index (χ1n) is 3.77. The Morgan fingerprint density at radius 1 is 1.64 bits per heavy atom. The molecule has 0 spiro atoms. The summed E-state index contributed by atoms with van der Waals surface area (Å²) in [7, 11) is 1.57. The number of rotatable bonds is 1. The second-order valence-electron chi connectivity index (χ2n) is 2.90. The van der Waals surface area contributed by atoms with Crippen molar-refractivity contribution in [3.05, 3.63) is 0 Å². The van der Waals surface area contributed by atoms with Crippen LogP contribution in [0.4, 0.5) is 0 Å². The van der Waals surface area contributed by atoms with E-state index >= 15 is 0 Å². The van der Waals surface area contributed by atoms with Gasteiger partial charge < -0.3 is 20.3 Å². The summed E-state index contributed by atoms with van der Waals surface area (Å²) in [5, 5.41) is 9.35. The van der Waals surface area contributed by atoms with Gasteiger partial charge in [0.1, 0.15) is 0 Å². The molecule has 1 saturated heterocycles. The minimum Gasteiger partial charge on any atom is -0.389 e. The van der Waals surface area contributed by atoms with Crippen LogP contribution in [0.15, 0.2) is 0 Å². The van der Waals surface area contributed by atoms with Gasteiger partial charge in [0.05, 0.1) is 12.2 Å². The van der Waals surface area contributed by atoms with E-state index in [1.807, 2.05) is 0 Å². The largest absolute Gasteiger partial charge is 0.389 e. The van der Waals surface area contributed by atoms with E-state index in [4.69, 9.17) is 15.2 Å². The Morgan fingerprint density at radius 2 is 2.27 bits per heavy atom. The maximum Gasteiger partial charge on any atom is 0.159 e. The van der Waals surface area contributed by atoms with Gasteiger partial charge in [-0.25, -0.2) is 0 Å². The van der Waals surface area contributed by atoms with E-state index in [2.05, 4.69) is 0 Å².